The predicted octanol–water partition coefficient (Wildman–Crippen LogP) is 4.79. The third kappa shape index (κ3) is 6.23. The van der Waals surface area contributed by atoms with Crippen LogP contribution in [-0.2, 0) is 6.61 Å². The molecule has 40 heavy (non-hydrogen) atoms. The van der Waals surface area contributed by atoms with Crippen LogP contribution in [-0.4, -0.2) is 65.4 Å². The van der Waals surface area contributed by atoms with Crippen molar-refractivity contribution in [2.24, 2.45) is 0 Å². The molecule has 2 aromatic carbocycles. The molecule has 2 fully saturated rings. The number of likely N-dealkylation sites (tertiary alicyclic amines) is 1. The van der Waals surface area contributed by atoms with Crippen molar-refractivity contribution in [3.63, 3.8) is 0 Å². The van der Waals surface area contributed by atoms with Gasteiger partial charge in [0, 0.05) is 37.5 Å². The van der Waals surface area contributed by atoms with E-state index in [1.165, 1.54) is 25.2 Å². The van der Waals surface area contributed by atoms with E-state index in [9.17, 15) is 22.7 Å². The molecule has 0 bridgehead atoms. The quantitative estimate of drug-likeness (QED) is 0.285. The number of anilines is 3. The van der Waals surface area contributed by atoms with Crippen LogP contribution in [0.1, 0.15) is 31.2 Å². The molecule has 0 spiro atoms. The van der Waals surface area contributed by atoms with Crippen LogP contribution in [0, 0.1) is 23.3 Å². The van der Waals surface area contributed by atoms with Crippen LogP contribution >= 0.6 is 0 Å². The Morgan fingerprint density at radius 3 is 2.23 bits per heavy atom. The number of nitrogens with one attached hydrogen (secondary N) is 1. The number of hydrogen-bond acceptors (Lipinski definition) is 8. The van der Waals surface area contributed by atoms with Crippen molar-refractivity contribution in [2.75, 3.05) is 50.1 Å². The number of ether oxygens (including phenoxy) is 2. The molecule has 8 nitrogen and oxygen atoms in total. The lowest BCUT2D eigenvalue weighted by atomic mass is 9.90. The highest BCUT2D eigenvalue weighted by molar-refractivity contribution is 5.67. The predicted molar refractivity (Wildman–Crippen MR) is 141 cm³/mol. The number of methoxy groups -OCH3 is 1. The van der Waals surface area contributed by atoms with Gasteiger partial charge in [0.2, 0.25) is 5.95 Å². The van der Waals surface area contributed by atoms with Gasteiger partial charge in [-0.05, 0) is 50.9 Å². The van der Waals surface area contributed by atoms with E-state index in [-0.39, 0.29) is 17.8 Å². The van der Waals surface area contributed by atoms with E-state index in [1.54, 1.807) is 7.11 Å². The summed E-state index contributed by atoms with van der Waals surface area (Å²) < 4.78 is 65.3. The molecule has 1 aromatic heterocycles. The van der Waals surface area contributed by atoms with Crippen LogP contribution in [0.5, 0.6) is 11.5 Å². The van der Waals surface area contributed by atoms with Crippen molar-refractivity contribution in [3.05, 3.63) is 65.5 Å². The first-order chi connectivity index (χ1) is 19.2. The van der Waals surface area contributed by atoms with Crippen LogP contribution in [0.4, 0.5) is 34.9 Å². The minimum atomic E-state index is -1.52. The maximum Gasteiger partial charge on any atom is 0.227 e. The summed E-state index contributed by atoms with van der Waals surface area (Å²) in [5, 5.41) is 14.1. The van der Waals surface area contributed by atoms with E-state index in [4.69, 9.17) is 9.47 Å². The lowest BCUT2D eigenvalue weighted by Gasteiger charge is -2.41. The zero-order valence-electron chi connectivity index (χ0n) is 22.1. The van der Waals surface area contributed by atoms with Gasteiger partial charge in [-0.3, -0.25) is 0 Å². The third-order valence-electron chi connectivity index (χ3n) is 7.40. The first kappa shape index (κ1) is 27.9. The lowest BCUT2D eigenvalue weighted by molar-refractivity contribution is -0.0111. The summed E-state index contributed by atoms with van der Waals surface area (Å²) in [6, 6.07) is 5.76. The number of halogens is 4. The smallest absolute Gasteiger partial charge is 0.227 e. The first-order valence-electron chi connectivity index (χ1n) is 13.2. The summed E-state index contributed by atoms with van der Waals surface area (Å²) in [5.41, 5.74) is 0.0562. The average molecular weight is 562 g/mol. The number of benzene rings is 2. The summed E-state index contributed by atoms with van der Waals surface area (Å²) in [7, 11) is 1.59. The Kier molecular flexibility index (Phi) is 8.27. The summed E-state index contributed by atoms with van der Waals surface area (Å²) in [5.74, 6) is -5.11. The monoisotopic (exact) mass is 561 g/mol. The van der Waals surface area contributed by atoms with Gasteiger partial charge in [0.1, 0.15) is 12.4 Å². The molecule has 2 aliphatic rings. The Morgan fingerprint density at radius 2 is 1.60 bits per heavy atom. The minimum Gasteiger partial charge on any atom is -0.495 e. The van der Waals surface area contributed by atoms with Gasteiger partial charge < -0.3 is 29.7 Å². The van der Waals surface area contributed by atoms with E-state index < -0.39 is 41.0 Å². The van der Waals surface area contributed by atoms with Gasteiger partial charge in [-0.25, -0.2) is 27.5 Å². The van der Waals surface area contributed by atoms with Gasteiger partial charge in [-0.2, -0.15) is 0 Å². The molecule has 3 heterocycles. The fourth-order valence-corrected chi connectivity index (χ4v) is 5.18. The Hall–Kier alpha value is -3.64. The van der Waals surface area contributed by atoms with Crippen LogP contribution in [0.25, 0.3) is 0 Å². The van der Waals surface area contributed by atoms with Crippen molar-refractivity contribution >= 4 is 17.3 Å². The zero-order valence-corrected chi connectivity index (χ0v) is 22.1. The van der Waals surface area contributed by atoms with Gasteiger partial charge >= 0.3 is 0 Å². The molecule has 214 valence electrons. The first-order valence-corrected chi connectivity index (χ1v) is 13.2. The average Bonchev–Trinajstić information content (AvgIpc) is 3.46. The second kappa shape index (κ2) is 11.8. The SMILES string of the molecule is COc1cc(Nc2ncc(OCc3c(F)c(F)cc(F)c3F)cn2)ccc1N1CCC(O)(CN2CCCC2)CC1. The van der Waals surface area contributed by atoms with E-state index in [2.05, 4.69) is 25.1 Å². The highest BCUT2D eigenvalue weighted by Gasteiger charge is 2.35. The molecule has 0 aliphatic carbocycles. The Balaban J connectivity index is 1.19. The van der Waals surface area contributed by atoms with Crippen LogP contribution in [0.3, 0.4) is 0 Å². The van der Waals surface area contributed by atoms with Gasteiger partial charge in [0.15, 0.2) is 29.0 Å². The molecule has 2 N–H and O–H groups in total. The van der Waals surface area contributed by atoms with E-state index >= 15 is 0 Å². The van der Waals surface area contributed by atoms with Crippen LogP contribution < -0.4 is 19.7 Å². The molecule has 2 aliphatic heterocycles. The van der Waals surface area contributed by atoms with Gasteiger partial charge in [-0.1, -0.05) is 0 Å². The van der Waals surface area contributed by atoms with E-state index in [0.29, 0.717) is 37.4 Å². The Labute approximate surface area is 229 Å². The molecule has 0 amide bonds. The molecule has 0 radical (unpaired) electrons. The minimum absolute atomic E-state index is 0.0525. The second-order valence-corrected chi connectivity index (χ2v) is 10.2. The molecular formula is C28H31F4N5O3. The molecule has 0 atom stereocenters. The topological polar surface area (TPSA) is 83.0 Å². The largest absolute Gasteiger partial charge is 0.495 e. The molecule has 12 heteroatoms. The Morgan fingerprint density at radius 1 is 0.950 bits per heavy atom. The second-order valence-electron chi connectivity index (χ2n) is 10.2. The Bertz CT molecular complexity index is 1300. The molecule has 2 saturated heterocycles. The fourth-order valence-electron chi connectivity index (χ4n) is 5.18. The summed E-state index contributed by atoms with van der Waals surface area (Å²) in [4.78, 5) is 12.8. The number of nitrogens with zero attached hydrogens (tertiary/aromatic N) is 4. The maximum atomic E-state index is 13.8. The van der Waals surface area contributed by atoms with Crippen LogP contribution in [0.15, 0.2) is 36.7 Å². The number of rotatable bonds is 9. The third-order valence-corrected chi connectivity index (χ3v) is 7.40. The summed E-state index contributed by atoms with van der Waals surface area (Å²) >= 11 is 0. The highest BCUT2D eigenvalue weighted by atomic mass is 19.2. The standard InChI is InChI=1S/C28H31F4N5O3/c1-39-24-12-18(4-5-23(24)37-10-6-28(38,7-11-37)17-36-8-2-3-9-36)35-27-33-14-19(15-34-27)40-16-20-25(31)21(29)13-22(30)26(20)32/h4-5,12-15,38H,2-3,6-11,16-17H2,1H3,(H,33,34,35). The summed E-state index contributed by atoms with van der Waals surface area (Å²) in [6.45, 7) is 3.53. The zero-order chi connectivity index (χ0) is 28.3. The van der Waals surface area contributed by atoms with E-state index in [1.807, 2.05) is 18.2 Å². The number of β-amino-alcohol motifs (C(OH)–C–C–N with tert-alkyl or cyclic N) is 1. The number of piperidine rings is 1. The highest BCUT2D eigenvalue weighted by Crippen LogP contribution is 2.36. The van der Waals surface area contributed by atoms with Crippen molar-refractivity contribution in [2.45, 2.75) is 37.9 Å². The normalized spacial score (nSPS) is 17.2. The van der Waals surface area contributed by atoms with Crippen molar-refractivity contribution in [1.82, 2.24) is 14.9 Å². The number of aromatic nitrogens is 2. The van der Waals surface area contributed by atoms with Gasteiger partial charge in [-0.15, -0.1) is 0 Å². The van der Waals surface area contributed by atoms with Crippen LogP contribution in [0.2, 0.25) is 0 Å². The van der Waals surface area contributed by atoms with Crippen molar-refractivity contribution in [3.8, 4) is 11.5 Å². The summed E-state index contributed by atoms with van der Waals surface area (Å²) in [6.07, 6.45) is 6.30. The molecule has 0 unspecified atom stereocenters. The van der Waals surface area contributed by atoms with Gasteiger partial charge in [0.05, 0.1) is 36.4 Å². The maximum absolute atomic E-state index is 13.8. The molecule has 5 rings (SSSR count). The van der Waals surface area contributed by atoms with Gasteiger partial charge in [0.25, 0.3) is 0 Å². The fraction of sp³-hybridized carbons (Fsp3) is 0.429. The molecule has 3 aromatic rings. The van der Waals surface area contributed by atoms with E-state index in [0.717, 1.165) is 25.3 Å². The lowest BCUT2D eigenvalue weighted by Crippen LogP contribution is -2.50. The molecular weight excluding hydrogens is 530 g/mol. The van der Waals surface area contributed by atoms with Crippen molar-refractivity contribution in [1.29, 1.82) is 0 Å². The number of aliphatic hydroxyl groups is 1. The van der Waals surface area contributed by atoms with Crippen molar-refractivity contribution < 1.29 is 32.1 Å². The molecule has 0 saturated carbocycles. The number of hydrogen-bond donors (Lipinski definition) is 2.